The average Bonchev–Trinajstić information content (AvgIpc) is 3.48. The van der Waals surface area contributed by atoms with E-state index in [0.29, 0.717) is 65.3 Å². The van der Waals surface area contributed by atoms with Crippen molar-refractivity contribution >= 4 is 17.7 Å². The largest absolute Gasteiger partial charge is 0.385 e. The summed E-state index contributed by atoms with van der Waals surface area (Å²) < 4.78 is 22.2. The maximum absolute atomic E-state index is 12.0. The molecule has 0 aromatic carbocycles. The quantitative estimate of drug-likeness (QED) is 0.120. The molecule has 2 aliphatic heterocycles. The van der Waals surface area contributed by atoms with Crippen LogP contribution in [0.25, 0.3) is 0 Å². The van der Waals surface area contributed by atoms with Crippen molar-refractivity contribution in [1.82, 2.24) is 10.6 Å². The number of nitrogens with one attached hydrogen (secondary N) is 2. The van der Waals surface area contributed by atoms with Gasteiger partial charge in [-0.15, -0.1) is 0 Å². The van der Waals surface area contributed by atoms with Gasteiger partial charge in [0, 0.05) is 42.3 Å². The summed E-state index contributed by atoms with van der Waals surface area (Å²) in [5, 5.41) is 7.19. The number of carbonyl (C=O) groups excluding carboxylic acids is 1. The third kappa shape index (κ3) is 17.6. The Morgan fingerprint density at radius 2 is 1.41 bits per heavy atom. The number of rotatable bonds is 27. The van der Waals surface area contributed by atoms with Crippen LogP contribution in [-0.4, -0.2) is 82.4 Å². The molecule has 0 aromatic heterocycles. The number of carbonyl (C=O) groups is 1. The van der Waals surface area contributed by atoms with Crippen LogP contribution in [0.1, 0.15) is 96.8 Å². The minimum Gasteiger partial charge on any atom is -0.385 e. The van der Waals surface area contributed by atoms with Gasteiger partial charge < -0.3 is 29.6 Å². The van der Waals surface area contributed by atoms with Crippen molar-refractivity contribution < 1.29 is 23.7 Å². The highest BCUT2D eigenvalue weighted by Gasteiger charge is 2.40. The molecule has 0 saturated carbocycles. The lowest BCUT2D eigenvalue weighted by Crippen LogP contribution is -2.27. The molecular formula is C31H58N2O5S. The van der Waals surface area contributed by atoms with Crippen LogP contribution in [0.3, 0.4) is 0 Å². The van der Waals surface area contributed by atoms with Crippen LogP contribution >= 0.6 is 11.8 Å². The zero-order valence-corrected chi connectivity index (χ0v) is 25.7. The summed E-state index contributed by atoms with van der Waals surface area (Å²) in [6.07, 6.45) is 17.0. The molecule has 1 amide bonds. The second kappa shape index (κ2) is 23.9. The minimum absolute atomic E-state index is 0.122. The van der Waals surface area contributed by atoms with Gasteiger partial charge >= 0.3 is 0 Å². The Morgan fingerprint density at radius 1 is 0.821 bits per heavy atom. The lowest BCUT2D eigenvalue weighted by molar-refractivity contribution is -0.121. The maximum atomic E-state index is 12.0. The van der Waals surface area contributed by atoms with E-state index in [1.165, 1.54) is 69.2 Å². The Bertz CT molecular complexity index is 624. The second-order valence-electron chi connectivity index (χ2n) is 11.0. The van der Waals surface area contributed by atoms with Gasteiger partial charge in [-0.3, -0.25) is 4.79 Å². The molecule has 3 unspecified atom stereocenters. The van der Waals surface area contributed by atoms with Gasteiger partial charge in [0.2, 0.25) is 5.91 Å². The lowest BCUT2D eigenvalue weighted by Gasteiger charge is -2.16. The van der Waals surface area contributed by atoms with Crippen LogP contribution in [0, 0.1) is 5.92 Å². The summed E-state index contributed by atoms with van der Waals surface area (Å²) in [6, 6.07) is 0.624. The van der Waals surface area contributed by atoms with Gasteiger partial charge in [-0.2, -0.15) is 11.8 Å². The molecule has 7 nitrogen and oxygen atoms in total. The lowest BCUT2D eigenvalue weighted by atomic mass is 9.94. The Morgan fingerprint density at radius 3 is 2.08 bits per heavy atom. The van der Waals surface area contributed by atoms with Crippen molar-refractivity contribution in [3.63, 3.8) is 0 Å². The van der Waals surface area contributed by atoms with Crippen molar-refractivity contribution in [3.05, 3.63) is 12.3 Å². The van der Waals surface area contributed by atoms with Crippen LogP contribution in [0.5, 0.6) is 0 Å². The smallest absolute Gasteiger partial charge is 0.220 e. The highest BCUT2D eigenvalue weighted by molar-refractivity contribution is 8.00. The summed E-state index contributed by atoms with van der Waals surface area (Å²) >= 11 is 2.09. The highest BCUT2D eigenvalue weighted by atomic mass is 32.2. The number of fused-ring (bicyclic) bond motifs is 1. The molecule has 0 bridgehead atoms. The number of ether oxygens (including phenoxy) is 4. The van der Waals surface area contributed by atoms with Gasteiger partial charge in [0.25, 0.3) is 0 Å². The van der Waals surface area contributed by atoms with Gasteiger partial charge in [0.15, 0.2) is 0 Å². The third-order valence-corrected chi connectivity index (χ3v) is 9.14. The topological polar surface area (TPSA) is 78.1 Å². The standard InChI is InChI=1S/C31H58N2O5S/c1-3-4-5-6-7-8-9-10-13-17-35-19-21-37-23-24-38-22-20-36-18-16-32-31(34)15-12-11-14-30-28-25-27(2)33-29(28)26-39-30/h28-30,33H,2-26H2,1H3,(H,32,34). The van der Waals surface area contributed by atoms with E-state index in [-0.39, 0.29) is 5.91 Å². The van der Waals surface area contributed by atoms with Gasteiger partial charge in [-0.1, -0.05) is 71.3 Å². The average molecular weight is 571 g/mol. The number of unbranched alkanes of at least 4 members (excludes halogenated alkanes) is 9. The van der Waals surface area contributed by atoms with Crippen molar-refractivity contribution in [2.45, 2.75) is 108 Å². The van der Waals surface area contributed by atoms with E-state index in [2.05, 4.69) is 35.9 Å². The molecule has 0 aromatic rings. The van der Waals surface area contributed by atoms with Crippen LogP contribution in [-0.2, 0) is 23.7 Å². The molecule has 0 aliphatic carbocycles. The predicted octanol–water partition coefficient (Wildman–Crippen LogP) is 5.87. The molecular weight excluding hydrogens is 512 g/mol. The van der Waals surface area contributed by atoms with E-state index in [9.17, 15) is 4.79 Å². The molecule has 2 aliphatic rings. The number of hydrogen-bond donors (Lipinski definition) is 2. The summed E-state index contributed by atoms with van der Waals surface area (Å²) in [6.45, 7) is 11.7. The van der Waals surface area contributed by atoms with E-state index in [1.807, 2.05) is 0 Å². The fourth-order valence-electron chi connectivity index (χ4n) is 5.32. The summed E-state index contributed by atoms with van der Waals surface area (Å²) in [5.41, 5.74) is 1.20. The molecule has 39 heavy (non-hydrogen) atoms. The normalized spacial score (nSPS) is 20.3. The zero-order valence-electron chi connectivity index (χ0n) is 24.9. The van der Waals surface area contributed by atoms with Crippen LogP contribution in [0.15, 0.2) is 12.3 Å². The zero-order chi connectivity index (χ0) is 27.8. The summed E-state index contributed by atoms with van der Waals surface area (Å²) in [7, 11) is 0. The van der Waals surface area contributed by atoms with Crippen LogP contribution in [0.4, 0.5) is 0 Å². The molecule has 0 radical (unpaired) electrons. The van der Waals surface area contributed by atoms with Crippen LogP contribution in [0.2, 0.25) is 0 Å². The third-order valence-electron chi connectivity index (χ3n) is 7.58. The van der Waals surface area contributed by atoms with Crippen molar-refractivity contribution in [2.24, 2.45) is 5.92 Å². The first-order chi connectivity index (χ1) is 19.2. The Hall–Kier alpha value is -0.800. The van der Waals surface area contributed by atoms with Crippen molar-refractivity contribution in [1.29, 1.82) is 0 Å². The van der Waals surface area contributed by atoms with Gasteiger partial charge in [-0.05, 0) is 31.6 Å². The number of allylic oxidation sites excluding steroid dienone is 1. The first-order valence-corrected chi connectivity index (χ1v) is 16.9. The Labute approximate surface area is 243 Å². The first-order valence-electron chi connectivity index (χ1n) is 15.8. The SMILES string of the molecule is C=C1CC2C(CSC2CCCCC(=O)NCCOCCOCCOCCOCCCCCCCCCCC)N1. The van der Waals surface area contributed by atoms with Gasteiger partial charge in [0.1, 0.15) is 0 Å². The second-order valence-corrected chi connectivity index (χ2v) is 12.2. The molecule has 3 atom stereocenters. The van der Waals surface area contributed by atoms with Crippen molar-refractivity contribution in [2.75, 3.05) is 65.2 Å². The molecule has 2 heterocycles. The Balaban J connectivity index is 1.21. The summed E-state index contributed by atoms with van der Waals surface area (Å²) in [5.74, 6) is 2.06. The first kappa shape index (κ1) is 34.4. The van der Waals surface area contributed by atoms with E-state index >= 15 is 0 Å². The monoisotopic (exact) mass is 570 g/mol. The number of thioether (sulfide) groups is 1. The highest BCUT2D eigenvalue weighted by Crippen LogP contribution is 2.42. The molecule has 2 rings (SSSR count). The van der Waals surface area contributed by atoms with E-state index < -0.39 is 0 Å². The van der Waals surface area contributed by atoms with Gasteiger partial charge in [-0.25, -0.2) is 0 Å². The number of amides is 1. The molecule has 2 N–H and O–H groups in total. The van der Waals surface area contributed by atoms with E-state index in [1.54, 1.807) is 0 Å². The number of hydrogen-bond acceptors (Lipinski definition) is 7. The van der Waals surface area contributed by atoms with E-state index in [4.69, 9.17) is 18.9 Å². The fraction of sp³-hybridized carbons (Fsp3) is 0.903. The molecule has 228 valence electrons. The minimum atomic E-state index is 0.122. The van der Waals surface area contributed by atoms with Crippen LogP contribution < -0.4 is 10.6 Å². The van der Waals surface area contributed by atoms with Crippen molar-refractivity contribution in [3.8, 4) is 0 Å². The molecule has 8 heteroatoms. The summed E-state index contributed by atoms with van der Waals surface area (Å²) in [4.78, 5) is 12.0. The fourth-order valence-corrected chi connectivity index (χ4v) is 6.97. The maximum Gasteiger partial charge on any atom is 0.220 e. The molecule has 2 fully saturated rings. The Kier molecular flexibility index (Phi) is 21.0. The predicted molar refractivity (Wildman–Crippen MR) is 162 cm³/mol. The molecule has 0 spiro atoms. The van der Waals surface area contributed by atoms with E-state index in [0.717, 1.165) is 43.5 Å². The molecule has 2 saturated heterocycles. The van der Waals surface area contributed by atoms with Gasteiger partial charge in [0.05, 0.1) is 46.2 Å².